The van der Waals surface area contributed by atoms with E-state index in [0.717, 1.165) is 0 Å². The first kappa shape index (κ1) is 35.6. The summed E-state index contributed by atoms with van der Waals surface area (Å²) < 4.78 is 0. The van der Waals surface area contributed by atoms with E-state index in [2.05, 4.69) is 26.6 Å². The average molecular weight is 550 g/mol. The van der Waals surface area contributed by atoms with Gasteiger partial charge in [-0.05, 0) is 26.2 Å². The van der Waals surface area contributed by atoms with Gasteiger partial charge in [0, 0.05) is 25.6 Å². The highest BCUT2D eigenvalue weighted by Crippen LogP contribution is 2.06. The van der Waals surface area contributed by atoms with Crippen LogP contribution in [0.1, 0.15) is 54.4 Å². The van der Waals surface area contributed by atoms with Gasteiger partial charge in [-0.3, -0.25) is 19.2 Å². The Bertz CT molecular complexity index is 753. The van der Waals surface area contributed by atoms with Gasteiger partial charge in [-0.25, -0.2) is 0 Å². The zero-order valence-corrected chi connectivity index (χ0v) is 23.1. The number of amides is 4. The fourth-order valence-corrected chi connectivity index (χ4v) is 3.20. The smallest absolute Gasteiger partial charge is 0.242 e. The second-order valence-corrected chi connectivity index (χ2v) is 10.1. The summed E-state index contributed by atoms with van der Waals surface area (Å²) in [6.45, 7) is 9.71. The molecule has 14 heteroatoms. The fourth-order valence-electron chi connectivity index (χ4n) is 3.20. The van der Waals surface area contributed by atoms with Crippen LogP contribution in [0.4, 0.5) is 0 Å². The average Bonchev–Trinajstić information content (AvgIpc) is 2.85. The molecule has 0 bridgehead atoms. The van der Waals surface area contributed by atoms with Crippen molar-refractivity contribution in [3.63, 3.8) is 0 Å². The molecule has 0 radical (unpaired) electrons. The third-order valence-electron chi connectivity index (χ3n) is 5.53. The van der Waals surface area contributed by atoms with Gasteiger partial charge >= 0.3 is 0 Å². The molecule has 0 aliphatic heterocycles. The van der Waals surface area contributed by atoms with Crippen molar-refractivity contribution >= 4 is 23.6 Å². The second-order valence-electron chi connectivity index (χ2n) is 10.1. The molecule has 0 rings (SSSR count). The summed E-state index contributed by atoms with van der Waals surface area (Å²) in [6.07, 6.45) is -7.00. The Morgan fingerprint density at radius 2 is 1.21 bits per heavy atom. The molecule has 7 atom stereocenters. The van der Waals surface area contributed by atoms with Gasteiger partial charge in [-0.15, -0.1) is 0 Å². The van der Waals surface area contributed by atoms with Crippen LogP contribution >= 0.6 is 0 Å². The van der Waals surface area contributed by atoms with E-state index in [1.165, 1.54) is 13.8 Å². The molecule has 14 nitrogen and oxygen atoms in total. The molecule has 0 saturated carbocycles. The minimum Gasteiger partial charge on any atom is -0.394 e. The Labute approximate surface area is 223 Å². The molecule has 0 aromatic rings. The summed E-state index contributed by atoms with van der Waals surface area (Å²) in [6, 6.07) is -2.71. The van der Waals surface area contributed by atoms with Crippen LogP contribution in [0.15, 0.2) is 0 Å². The molecule has 10 N–H and O–H groups in total. The second kappa shape index (κ2) is 18.0. The molecule has 4 amide bonds. The Balaban J connectivity index is 4.83. The van der Waals surface area contributed by atoms with Crippen LogP contribution in [0.2, 0.25) is 0 Å². The van der Waals surface area contributed by atoms with Gasteiger partial charge < -0.3 is 52.1 Å². The van der Waals surface area contributed by atoms with Crippen LogP contribution in [0.25, 0.3) is 0 Å². The minimum absolute atomic E-state index is 0.0443. The van der Waals surface area contributed by atoms with E-state index < -0.39 is 73.4 Å². The van der Waals surface area contributed by atoms with Crippen molar-refractivity contribution in [3.8, 4) is 0 Å². The Hall–Kier alpha value is -2.36. The van der Waals surface area contributed by atoms with E-state index in [4.69, 9.17) is 5.11 Å². The minimum atomic E-state index is -1.81. The monoisotopic (exact) mass is 549 g/mol. The fraction of sp³-hybridized carbons (Fsp3) is 0.833. The highest BCUT2D eigenvalue weighted by atomic mass is 16.4. The summed E-state index contributed by atoms with van der Waals surface area (Å²) in [5.41, 5.74) is 0. The Kier molecular flexibility index (Phi) is 16.9. The van der Waals surface area contributed by atoms with Crippen molar-refractivity contribution in [3.05, 3.63) is 0 Å². The summed E-state index contributed by atoms with van der Waals surface area (Å²) in [5, 5.41) is 60.8. The zero-order chi connectivity index (χ0) is 29.6. The zero-order valence-electron chi connectivity index (χ0n) is 23.1. The van der Waals surface area contributed by atoms with E-state index in [0.29, 0.717) is 6.54 Å². The largest absolute Gasteiger partial charge is 0.394 e. The molecule has 0 unspecified atom stereocenters. The topological polar surface area (TPSA) is 230 Å². The number of hydrogen-bond donors (Lipinski definition) is 10. The van der Waals surface area contributed by atoms with E-state index in [-0.39, 0.29) is 30.7 Å². The van der Waals surface area contributed by atoms with Gasteiger partial charge in [-0.1, -0.05) is 27.7 Å². The molecular weight excluding hydrogens is 502 g/mol. The van der Waals surface area contributed by atoms with Crippen molar-refractivity contribution in [2.45, 2.75) is 103 Å². The molecule has 0 saturated heterocycles. The lowest BCUT2D eigenvalue weighted by Crippen LogP contribution is -2.55. The van der Waals surface area contributed by atoms with Gasteiger partial charge in [0.05, 0.1) is 18.8 Å². The first-order chi connectivity index (χ1) is 17.6. The third-order valence-corrected chi connectivity index (χ3v) is 5.53. The molecule has 38 heavy (non-hydrogen) atoms. The maximum atomic E-state index is 12.8. The molecule has 0 spiro atoms. The predicted molar refractivity (Wildman–Crippen MR) is 138 cm³/mol. The van der Waals surface area contributed by atoms with Crippen LogP contribution in [0.5, 0.6) is 0 Å². The SMILES string of the molecule is CC(C)CNC(=O)[C@H](C)NC(=O)[C@H](C)NC(=O)[C@H](CCC(=O)NC[C@H](O)[C@@H](O)[C@H](O)[C@H](O)CO)NC(C)C. The Morgan fingerprint density at radius 3 is 1.74 bits per heavy atom. The van der Waals surface area contributed by atoms with Crippen molar-refractivity contribution in [2.24, 2.45) is 5.92 Å². The van der Waals surface area contributed by atoms with Gasteiger partial charge in [-0.2, -0.15) is 0 Å². The Morgan fingerprint density at radius 1 is 0.684 bits per heavy atom. The molecule has 0 aromatic heterocycles. The maximum absolute atomic E-state index is 12.8. The van der Waals surface area contributed by atoms with Crippen LogP contribution in [0.3, 0.4) is 0 Å². The summed E-state index contributed by atoms with van der Waals surface area (Å²) in [4.78, 5) is 49.6. The van der Waals surface area contributed by atoms with Crippen molar-refractivity contribution in [1.82, 2.24) is 26.6 Å². The normalized spacial score (nSPS) is 17.1. The predicted octanol–water partition coefficient (Wildman–Crippen LogP) is -3.53. The molecule has 0 aliphatic carbocycles. The number of nitrogens with one attached hydrogen (secondary N) is 5. The van der Waals surface area contributed by atoms with E-state index in [1.807, 2.05) is 13.8 Å². The first-order valence-corrected chi connectivity index (χ1v) is 12.8. The number of carbonyl (C=O) groups is 4. The summed E-state index contributed by atoms with van der Waals surface area (Å²) >= 11 is 0. The standard InChI is InChI=1S/C24H47N5O9/c1-12(2)9-26-22(36)14(5)28-23(37)15(6)29-24(38)16(27-13(3)4)7-8-19(33)25-10-17(31)20(34)21(35)18(32)11-30/h12-18,20-21,27,30-32,34-35H,7-11H2,1-6H3,(H,25,33)(H,26,36)(H,28,37)(H,29,38)/t14-,15-,16-,17-,18+,20+,21+/m0/s1. The lowest BCUT2D eigenvalue weighted by molar-refractivity contribution is -0.132. The lowest BCUT2D eigenvalue weighted by atomic mass is 10.0. The van der Waals surface area contributed by atoms with Crippen LogP contribution in [-0.2, 0) is 19.2 Å². The van der Waals surface area contributed by atoms with E-state index in [9.17, 15) is 39.6 Å². The van der Waals surface area contributed by atoms with E-state index >= 15 is 0 Å². The van der Waals surface area contributed by atoms with E-state index in [1.54, 1.807) is 13.8 Å². The van der Waals surface area contributed by atoms with Crippen LogP contribution < -0.4 is 26.6 Å². The lowest BCUT2D eigenvalue weighted by Gasteiger charge is -2.26. The van der Waals surface area contributed by atoms with Gasteiger partial charge in [0.25, 0.3) is 0 Å². The number of carbonyl (C=O) groups excluding carboxylic acids is 4. The summed E-state index contributed by atoms with van der Waals surface area (Å²) in [7, 11) is 0. The number of hydrogen-bond acceptors (Lipinski definition) is 10. The quantitative estimate of drug-likeness (QED) is 0.0809. The number of aliphatic hydroxyl groups is 5. The van der Waals surface area contributed by atoms with Gasteiger partial charge in [0.15, 0.2) is 0 Å². The molecule has 222 valence electrons. The van der Waals surface area contributed by atoms with Gasteiger partial charge in [0.1, 0.15) is 30.4 Å². The van der Waals surface area contributed by atoms with Crippen molar-refractivity contribution in [2.75, 3.05) is 19.7 Å². The van der Waals surface area contributed by atoms with Crippen molar-refractivity contribution < 1.29 is 44.7 Å². The number of aliphatic hydroxyl groups excluding tert-OH is 5. The molecular formula is C24H47N5O9. The molecule has 0 aliphatic rings. The molecule has 0 aromatic carbocycles. The highest BCUT2D eigenvalue weighted by molar-refractivity contribution is 5.92. The highest BCUT2D eigenvalue weighted by Gasteiger charge is 2.30. The third kappa shape index (κ3) is 14.0. The first-order valence-electron chi connectivity index (χ1n) is 12.8. The maximum Gasteiger partial charge on any atom is 0.242 e. The van der Waals surface area contributed by atoms with Gasteiger partial charge in [0.2, 0.25) is 23.6 Å². The molecule has 0 heterocycles. The van der Waals surface area contributed by atoms with Crippen molar-refractivity contribution in [1.29, 1.82) is 0 Å². The van der Waals surface area contributed by atoms with Crippen LogP contribution in [-0.4, -0.2) is 117 Å². The van der Waals surface area contributed by atoms with Crippen LogP contribution in [0, 0.1) is 5.92 Å². The summed E-state index contributed by atoms with van der Waals surface area (Å²) in [5.74, 6) is -1.71. The number of rotatable bonds is 18. The molecule has 0 fully saturated rings.